The van der Waals surface area contributed by atoms with Crippen LogP contribution in [0, 0.1) is 0 Å². The van der Waals surface area contributed by atoms with Crippen molar-refractivity contribution < 1.29 is 17.9 Å². The number of hydrogen-bond donors (Lipinski definition) is 1. The fraction of sp³-hybridized carbons (Fsp3) is 0.600. The van der Waals surface area contributed by atoms with Crippen molar-refractivity contribution in [2.24, 2.45) is 0 Å². The van der Waals surface area contributed by atoms with Crippen LogP contribution < -0.4 is 10.1 Å². The minimum Gasteiger partial charge on any atom is -0.406 e. The van der Waals surface area contributed by atoms with Crippen molar-refractivity contribution in [3.8, 4) is 5.75 Å². The summed E-state index contributed by atoms with van der Waals surface area (Å²) in [6.07, 6.45) is 0.824. The standard InChI is InChI=1S/C15H22F3NO/c1-3-4-5-6-10-14(19-2)12-8-7-9-13(11-12)20-15(16,17)18/h7-9,11,14,19H,3-6,10H2,1-2H3. The molecular formula is C15H22F3NO. The van der Waals surface area contributed by atoms with Crippen LogP contribution in [0.3, 0.4) is 0 Å². The van der Waals surface area contributed by atoms with E-state index in [0.29, 0.717) is 0 Å². The second-order valence-electron chi connectivity index (χ2n) is 4.81. The maximum atomic E-state index is 12.2. The van der Waals surface area contributed by atoms with E-state index in [1.165, 1.54) is 25.0 Å². The number of ether oxygens (including phenoxy) is 1. The van der Waals surface area contributed by atoms with Crippen LogP contribution in [0.1, 0.15) is 50.6 Å². The van der Waals surface area contributed by atoms with Gasteiger partial charge in [0.1, 0.15) is 5.75 Å². The lowest BCUT2D eigenvalue weighted by Gasteiger charge is -2.18. The molecule has 20 heavy (non-hydrogen) atoms. The lowest BCUT2D eigenvalue weighted by atomic mass is 10.00. The molecule has 114 valence electrons. The Kier molecular flexibility index (Phi) is 6.85. The molecule has 1 aromatic carbocycles. The quantitative estimate of drug-likeness (QED) is 0.693. The average molecular weight is 289 g/mol. The number of halogens is 3. The van der Waals surface area contributed by atoms with Gasteiger partial charge in [0.25, 0.3) is 0 Å². The SMILES string of the molecule is CCCCCCC(NC)c1cccc(OC(F)(F)F)c1. The topological polar surface area (TPSA) is 21.3 Å². The van der Waals surface area contributed by atoms with Crippen molar-refractivity contribution in [3.05, 3.63) is 29.8 Å². The van der Waals surface area contributed by atoms with Gasteiger partial charge in [-0.05, 0) is 31.2 Å². The lowest BCUT2D eigenvalue weighted by Crippen LogP contribution is -2.19. The van der Waals surface area contributed by atoms with E-state index < -0.39 is 6.36 Å². The third-order valence-electron chi connectivity index (χ3n) is 3.19. The predicted molar refractivity (Wildman–Crippen MR) is 73.7 cm³/mol. The highest BCUT2D eigenvalue weighted by molar-refractivity contribution is 5.30. The molecule has 0 aliphatic carbocycles. The predicted octanol–water partition coefficient (Wildman–Crippen LogP) is 4.82. The van der Waals surface area contributed by atoms with E-state index in [1.54, 1.807) is 6.07 Å². The van der Waals surface area contributed by atoms with E-state index in [9.17, 15) is 13.2 Å². The van der Waals surface area contributed by atoms with Gasteiger partial charge in [0.2, 0.25) is 0 Å². The van der Waals surface area contributed by atoms with Crippen molar-refractivity contribution >= 4 is 0 Å². The summed E-state index contributed by atoms with van der Waals surface area (Å²) in [5.74, 6) is -0.163. The van der Waals surface area contributed by atoms with Gasteiger partial charge in [0, 0.05) is 6.04 Å². The van der Waals surface area contributed by atoms with Crippen molar-refractivity contribution in [3.63, 3.8) is 0 Å². The Morgan fingerprint density at radius 2 is 1.95 bits per heavy atom. The Labute approximate surface area is 118 Å². The third-order valence-corrected chi connectivity index (χ3v) is 3.19. The minimum absolute atomic E-state index is 0.0589. The molecule has 0 aliphatic rings. The second kappa shape index (κ2) is 8.15. The molecule has 1 atom stereocenters. The van der Waals surface area contributed by atoms with Crippen LogP contribution in [0.15, 0.2) is 24.3 Å². The van der Waals surface area contributed by atoms with Gasteiger partial charge in [-0.15, -0.1) is 13.2 Å². The number of alkyl halides is 3. The number of hydrogen-bond acceptors (Lipinski definition) is 2. The van der Waals surface area contributed by atoms with Crippen LogP contribution in [-0.2, 0) is 0 Å². The smallest absolute Gasteiger partial charge is 0.406 e. The van der Waals surface area contributed by atoms with E-state index in [2.05, 4.69) is 17.0 Å². The molecule has 0 aliphatic heterocycles. The highest BCUT2D eigenvalue weighted by atomic mass is 19.4. The number of benzene rings is 1. The maximum Gasteiger partial charge on any atom is 0.573 e. The molecule has 1 unspecified atom stereocenters. The first-order chi connectivity index (χ1) is 9.46. The second-order valence-corrected chi connectivity index (χ2v) is 4.81. The van der Waals surface area contributed by atoms with Crippen molar-refractivity contribution in [2.45, 2.75) is 51.4 Å². The number of nitrogens with one attached hydrogen (secondary N) is 1. The first kappa shape index (κ1) is 16.8. The van der Waals surface area contributed by atoms with Crippen LogP contribution in [0.2, 0.25) is 0 Å². The van der Waals surface area contributed by atoms with Gasteiger partial charge in [-0.1, -0.05) is 44.7 Å². The molecule has 0 aromatic heterocycles. The van der Waals surface area contributed by atoms with E-state index in [-0.39, 0.29) is 11.8 Å². The van der Waals surface area contributed by atoms with Crippen molar-refractivity contribution in [1.82, 2.24) is 5.32 Å². The van der Waals surface area contributed by atoms with Gasteiger partial charge in [-0.25, -0.2) is 0 Å². The highest BCUT2D eigenvalue weighted by Gasteiger charge is 2.31. The summed E-state index contributed by atoms with van der Waals surface area (Å²) in [6, 6.07) is 6.25. The van der Waals surface area contributed by atoms with Gasteiger partial charge in [0.05, 0.1) is 0 Å². The Hall–Kier alpha value is -1.23. The molecule has 1 rings (SSSR count). The third kappa shape index (κ3) is 6.28. The zero-order valence-corrected chi connectivity index (χ0v) is 12.0. The van der Waals surface area contributed by atoms with Crippen LogP contribution in [0.4, 0.5) is 13.2 Å². The van der Waals surface area contributed by atoms with Gasteiger partial charge in [0.15, 0.2) is 0 Å². The van der Waals surface area contributed by atoms with Gasteiger partial charge < -0.3 is 10.1 Å². The van der Waals surface area contributed by atoms with Crippen LogP contribution in [0.5, 0.6) is 5.75 Å². The van der Waals surface area contributed by atoms with E-state index >= 15 is 0 Å². The molecule has 0 bridgehead atoms. The summed E-state index contributed by atoms with van der Waals surface area (Å²) >= 11 is 0. The fourth-order valence-corrected chi connectivity index (χ4v) is 2.18. The molecule has 0 spiro atoms. The molecule has 5 heteroatoms. The van der Waals surface area contributed by atoms with Crippen LogP contribution in [-0.4, -0.2) is 13.4 Å². The molecular weight excluding hydrogens is 267 g/mol. The Bertz CT molecular complexity index is 393. The summed E-state index contributed by atoms with van der Waals surface area (Å²) < 4.78 is 40.6. The van der Waals surface area contributed by atoms with Gasteiger partial charge >= 0.3 is 6.36 Å². The van der Waals surface area contributed by atoms with Crippen LogP contribution >= 0.6 is 0 Å². The summed E-state index contributed by atoms with van der Waals surface area (Å²) in [5.41, 5.74) is 0.825. The van der Waals surface area contributed by atoms with E-state index in [1.807, 2.05) is 13.1 Å². The lowest BCUT2D eigenvalue weighted by molar-refractivity contribution is -0.274. The van der Waals surface area contributed by atoms with Crippen molar-refractivity contribution in [2.75, 3.05) is 7.05 Å². The highest BCUT2D eigenvalue weighted by Crippen LogP contribution is 2.27. The molecule has 1 N–H and O–H groups in total. The number of rotatable bonds is 8. The van der Waals surface area contributed by atoms with Gasteiger partial charge in [-0.3, -0.25) is 0 Å². The zero-order chi connectivity index (χ0) is 15.0. The normalized spacial score (nSPS) is 13.2. The van der Waals surface area contributed by atoms with Crippen LogP contribution in [0.25, 0.3) is 0 Å². The number of unbranched alkanes of at least 4 members (excludes halogenated alkanes) is 3. The molecule has 0 amide bonds. The monoisotopic (exact) mass is 289 g/mol. The Morgan fingerprint density at radius 1 is 1.20 bits per heavy atom. The molecule has 0 radical (unpaired) electrons. The largest absolute Gasteiger partial charge is 0.573 e. The Morgan fingerprint density at radius 3 is 2.55 bits per heavy atom. The minimum atomic E-state index is -4.64. The van der Waals surface area contributed by atoms with Gasteiger partial charge in [-0.2, -0.15) is 0 Å². The average Bonchev–Trinajstić information content (AvgIpc) is 2.37. The summed E-state index contributed by atoms with van der Waals surface area (Å²) in [5, 5.41) is 3.15. The molecule has 0 saturated carbocycles. The molecule has 2 nitrogen and oxygen atoms in total. The first-order valence-corrected chi connectivity index (χ1v) is 6.99. The Balaban J connectivity index is 2.65. The molecule has 0 saturated heterocycles. The summed E-state index contributed by atoms with van der Waals surface area (Å²) in [7, 11) is 1.82. The fourth-order valence-electron chi connectivity index (χ4n) is 2.18. The molecule has 0 heterocycles. The first-order valence-electron chi connectivity index (χ1n) is 6.99. The molecule has 0 fully saturated rings. The maximum absolute atomic E-state index is 12.2. The zero-order valence-electron chi connectivity index (χ0n) is 12.0. The van der Waals surface area contributed by atoms with E-state index in [4.69, 9.17) is 0 Å². The summed E-state index contributed by atoms with van der Waals surface area (Å²) in [6.45, 7) is 2.15. The van der Waals surface area contributed by atoms with Crippen molar-refractivity contribution in [1.29, 1.82) is 0 Å². The summed E-state index contributed by atoms with van der Waals surface area (Å²) in [4.78, 5) is 0. The van der Waals surface area contributed by atoms with E-state index in [0.717, 1.165) is 24.8 Å². The molecule has 1 aromatic rings.